The number of hydrogen-bond acceptors (Lipinski definition) is 4. The summed E-state index contributed by atoms with van der Waals surface area (Å²) in [6.45, 7) is 2.05. The molecule has 0 fully saturated rings. The van der Waals surface area contributed by atoms with Gasteiger partial charge in [0.25, 0.3) is 5.91 Å². The molecule has 1 aromatic carbocycles. The Morgan fingerprint density at radius 2 is 1.91 bits per heavy atom. The number of amides is 1. The fraction of sp³-hybridized carbons (Fsp3) is 0.333. The van der Waals surface area contributed by atoms with Gasteiger partial charge >= 0.3 is 12.4 Å². The molecule has 3 aromatic rings. The van der Waals surface area contributed by atoms with Crippen LogP contribution in [0.2, 0.25) is 0 Å². The summed E-state index contributed by atoms with van der Waals surface area (Å²) in [4.78, 5) is 15.9. The van der Waals surface area contributed by atoms with Gasteiger partial charge in [-0.15, -0.1) is 11.3 Å². The quantitative estimate of drug-likeness (QED) is 0.527. The van der Waals surface area contributed by atoms with Gasteiger partial charge in [-0.3, -0.25) is 9.69 Å². The first-order valence-corrected chi connectivity index (χ1v) is 10.8. The lowest BCUT2D eigenvalue weighted by atomic mass is 10.1. The van der Waals surface area contributed by atoms with Gasteiger partial charge in [0.2, 0.25) is 0 Å². The van der Waals surface area contributed by atoms with Crippen LogP contribution in [0.25, 0.3) is 5.69 Å². The number of rotatable bonds is 5. The van der Waals surface area contributed by atoms with E-state index in [1.807, 2.05) is 11.4 Å². The van der Waals surface area contributed by atoms with E-state index in [0.717, 1.165) is 37.4 Å². The number of carbonyl (C=O) groups is 1. The first-order valence-electron chi connectivity index (χ1n) is 9.92. The molecule has 1 aliphatic heterocycles. The summed E-state index contributed by atoms with van der Waals surface area (Å²) in [5.74, 6) is -0.992. The van der Waals surface area contributed by atoms with Crippen LogP contribution in [-0.2, 0) is 25.3 Å². The van der Waals surface area contributed by atoms with E-state index in [1.54, 1.807) is 11.3 Å². The van der Waals surface area contributed by atoms with Crippen LogP contribution in [-0.4, -0.2) is 40.2 Å². The minimum Gasteiger partial charge on any atom is -0.351 e. The standard InChI is InChI=1S/C21H18F6N4OS/c22-20(23,24)14-2-1-3-15(10-14)31-18(21(25,26)27)16(11-29-31)19(32)28-6-8-30-7-4-17-13(12-30)5-9-33-17/h1-3,5,9-11H,4,6-8,12H2,(H,28,32). The number of thiophene rings is 1. The fourth-order valence-electron chi connectivity index (χ4n) is 3.72. The number of nitrogens with zero attached hydrogens (tertiary/aromatic N) is 3. The minimum absolute atomic E-state index is 0.115. The van der Waals surface area contributed by atoms with Crippen LogP contribution < -0.4 is 5.32 Å². The van der Waals surface area contributed by atoms with Crippen LogP contribution in [0.1, 0.15) is 32.1 Å². The van der Waals surface area contributed by atoms with Gasteiger partial charge in [0, 0.05) is 31.1 Å². The van der Waals surface area contributed by atoms with Crippen molar-refractivity contribution in [1.82, 2.24) is 20.0 Å². The lowest BCUT2D eigenvalue weighted by Crippen LogP contribution is -2.37. The van der Waals surface area contributed by atoms with Crippen LogP contribution in [0, 0.1) is 0 Å². The second-order valence-electron chi connectivity index (χ2n) is 7.52. The van der Waals surface area contributed by atoms with Crippen molar-refractivity contribution in [2.45, 2.75) is 25.3 Å². The summed E-state index contributed by atoms with van der Waals surface area (Å²) < 4.78 is 80.6. The van der Waals surface area contributed by atoms with Gasteiger partial charge in [-0.1, -0.05) is 6.07 Å². The van der Waals surface area contributed by atoms with E-state index in [9.17, 15) is 31.1 Å². The van der Waals surface area contributed by atoms with Crippen molar-refractivity contribution in [2.24, 2.45) is 0 Å². The zero-order valence-electron chi connectivity index (χ0n) is 17.0. The summed E-state index contributed by atoms with van der Waals surface area (Å²) in [6, 6.07) is 5.38. The largest absolute Gasteiger partial charge is 0.434 e. The van der Waals surface area contributed by atoms with Crippen molar-refractivity contribution in [1.29, 1.82) is 0 Å². The third kappa shape index (κ3) is 5.06. The Morgan fingerprint density at radius 3 is 2.64 bits per heavy atom. The highest BCUT2D eigenvalue weighted by Gasteiger charge is 2.41. The zero-order chi connectivity index (χ0) is 23.8. The van der Waals surface area contributed by atoms with Crippen LogP contribution in [0.3, 0.4) is 0 Å². The lowest BCUT2D eigenvalue weighted by molar-refractivity contribution is -0.143. The van der Waals surface area contributed by atoms with E-state index in [-0.39, 0.29) is 6.54 Å². The van der Waals surface area contributed by atoms with Crippen molar-refractivity contribution in [3.05, 3.63) is 69.2 Å². The smallest absolute Gasteiger partial charge is 0.351 e. The molecule has 0 aliphatic carbocycles. The molecule has 0 spiro atoms. The number of alkyl halides is 6. The summed E-state index contributed by atoms with van der Waals surface area (Å²) in [6.07, 6.45) is -8.15. The molecule has 2 aromatic heterocycles. The minimum atomic E-state index is -5.01. The maximum Gasteiger partial charge on any atom is 0.434 e. The van der Waals surface area contributed by atoms with Gasteiger partial charge in [0.05, 0.1) is 23.0 Å². The van der Waals surface area contributed by atoms with Crippen molar-refractivity contribution < 1.29 is 31.1 Å². The molecule has 1 N–H and O–H groups in total. The van der Waals surface area contributed by atoms with E-state index < -0.39 is 40.8 Å². The Labute approximate surface area is 188 Å². The summed E-state index contributed by atoms with van der Waals surface area (Å²) in [5, 5.41) is 8.05. The Balaban J connectivity index is 1.50. The number of halogens is 6. The van der Waals surface area contributed by atoms with Gasteiger partial charge in [0.1, 0.15) is 0 Å². The molecule has 0 unspecified atom stereocenters. The SMILES string of the molecule is O=C(NCCN1CCc2sccc2C1)c1cnn(-c2cccc(C(F)(F)F)c2)c1C(F)(F)F. The average Bonchev–Trinajstić information content (AvgIpc) is 3.40. The van der Waals surface area contributed by atoms with Crippen LogP contribution in [0.5, 0.6) is 0 Å². The van der Waals surface area contributed by atoms with Gasteiger partial charge < -0.3 is 5.32 Å². The molecule has 1 amide bonds. The molecular formula is C21H18F6N4OS. The predicted octanol–water partition coefficient (Wildman–Crippen LogP) is 4.76. The number of hydrogen-bond donors (Lipinski definition) is 1. The molecule has 0 saturated heterocycles. The zero-order valence-corrected chi connectivity index (χ0v) is 17.8. The van der Waals surface area contributed by atoms with Crippen LogP contribution in [0.15, 0.2) is 41.9 Å². The molecular weight excluding hydrogens is 470 g/mol. The molecule has 0 atom stereocenters. The number of aromatic nitrogens is 2. The summed E-state index contributed by atoms with van der Waals surface area (Å²) in [5.41, 5.74) is -2.54. The molecule has 5 nitrogen and oxygen atoms in total. The number of fused-ring (bicyclic) bond motifs is 1. The number of nitrogens with one attached hydrogen (secondary N) is 1. The fourth-order valence-corrected chi connectivity index (χ4v) is 4.61. The number of carbonyl (C=O) groups excluding carboxylic acids is 1. The third-order valence-electron chi connectivity index (χ3n) is 5.30. The van der Waals surface area contributed by atoms with Gasteiger partial charge in [-0.25, -0.2) is 4.68 Å². The molecule has 12 heteroatoms. The first kappa shape index (κ1) is 23.3. The molecule has 4 rings (SSSR count). The summed E-state index contributed by atoms with van der Waals surface area (Å²) in [7, 11) is 0. The predicted molar refractivity (Wildman–Crippen MR) is 109 cm³/mol. The maximum absolute atomic E-state index is 13.8. The van der Waals surface area contributed by atoms with Crippen molar-refractivity contribution in [2.75, 3.05) is 19.6 Å². The third-order valence-corrected chi connectivity index (χ3v) is 6.32. The van der Waals surface area contributed by atoms with Crippen LogP contribution >= 0.6 is 11.3 Å². The van der Waals surface area contributed by atoms with E-state index in [4.69, 9.17) is 0 Å². The van der Waals surface area contributed by atoms with E-state index in [2.05, 4.69) is 15.3 Å². The highest BCUT2D eigenvalue weighted by atomic mass is 32.1. The first-order chi connectivity index (χ1) is 15.5. The van der Waals surface area contributed by atoms with Crippen molar-refractivity contribution >= 4 is 17.2 Å². The Bertz CT molecular complexity index is 1150. The Kier molecular flexibility index (Phi) is 6.23. The molecule has 33 heavy (non-hydrogen) atoms. The molecule has 3 heterocycles. The Morgan fingerprint density at radius 1 is 1.12 bits per heavy atom. The van der Waals surface area contributed by atoms with Gasteiger partial charge in [0.15, 0.2) is 5.69 Å². The van der Waals surface area contributed by atoms with Crippen molar-refractivity contribution in [3.63, 3.8) is 0 Å². The van der Waals surface area contributed by atoms with Crippen LogP contribution in [0.4, 0.5) is 26.3 Å². The van der Waals surface area contributed by atoms with E-state index in [0.29, 0.717) is 23.8 Å². The molecule has 0 bridgehead atoms. The monoisotopic (exact) mass is 488 g/mol. The Hall–Kier alpha value is -2.86. The normalized spacial score (nSPS) is 14.8. The second-order valence-corrected chi connectivity index (χ2v) is 8.52. The van der Waals surface area contributed by atoms with E-state index >= 15 is 0 Å². The van der Waals surface area contributed by atoms with Gasteiger partial charge in [-0.2, -0.15) is 31.4 Å². The average molecular weight is 488 g/mol. The van der Waals surface area contributed by atoms with Crippen molar-refractivity contribution in [3.8, 4) is 5.69 Å². The molecule has 176 valence electrons. The van der Waals surface area contributed by atoms with Gasteiger partial charge in [-0.05, 0) is 41.6 Å². The second kappa shape index (κ2) is 8.82. The lowest BCUT2D eigenvalue weighted by Gasteiger charge is -2.26. The maximum atomic E-state index is 13.8. The molecule has 1 aliphatic rings. The van der Waals surface area contributed by atoms with E-state index in [1.165, 1.54) is 10.4 Å². The highest BCUT2D eigenvalue weighted by molar-refractivity contribution is 7.10. The summed E-state index contributed by atoms with van der Waals surface area (Å²) >= 11 is 1.69. The topological polar surface area (TPSA) is 50.2 Å². The molecule has 0 radical (unpaired) electrons. The highest BCUT2D eigenvalue weighted by Crippen LogP contribution is 2.35. The molecule has 0 saturated carbocycles. The number of benzene rings is 1.